The van der Waals surface area contributed by atoms with E-state index in [-0.39, 0.29) is 23.4 Å². The summed E-state index contributed by atoms with van der Waals surface area (Å²) in [4.78, 5) is 23.7. The number of aryl methyl sites for hydroxylation is 1. The number of ether oxygens (including phenoxy) is 2. The summed E-state index contributed by atoms with van der Waals surface area (Å²) in [5.74, 6) is -0.469. The van der Waals surface area contributed by atoms with E-state index in [0.29, 0.717) is 30.8 Å². The van der Waals surface area contributed by atoms with E-state index in [0.717, 1.165) is 30.0 Å². The Labute approximate surface area is 239 Å². The lowest BCUT2D eigenvalue weighted by Gasteiger charge is -2.17. The third kappa shape index (κ3) is 6.58. The molecule has 1 aliphatic rings. The molecule has 2 N–H and O–H groups in total. The van der Waals surface area contributed by atoms with Gasteiger partial charge in [-0.15, -0.1) is 0 Å². The molecule has 3 aromatic rings. The van der Waals surface area contributed by atoms with Crippen LogP contribution in [0.2, 0.25) is 0 Å². The number of rotatable bonds is 11. The molecule has 0 spiro atoms. The number of carbonyl (C=O) groups is 1. The summed E-state index contributed by atoms with van der Waals surface area (Å²) in [5, 5.41) is 19.0. The number of hydrogen-bond donors (Lipinski definition) is 2. The lowest BCUT2D eigenvalue weighted by atomic mass is 10.1. The molecule has 1 amide bonds. The van der Waals surface area contributed by atoms with E-state index < -0.39 is 37.5 Å². The zero-order chi connectivity index (χ0) is 29.9. The van der Waals surface area contributed by atoms with E-state index >= 15 is 0 Å². The van der Waals surface area contributed by atoms with Gasteiger partial charge in [0.25, 0.3) is 11.6 Å². The maximum Gasteiger partial charge on any atom is 0.272 e. The molecule has 41 heavy (non-hydrogen) atoms. The standard InChI is InChI=1S/C28H35N5O7S/c1-6-18(3)31-41(37,38)25-15-21(33(35)36)12-13-24(25)40-28-20(5)26(27(34)29-16-22-10-8-14-39-22)30-32(28)23-11-7-9-17(2)19(23)4/h7,9,11-13,15,18,22,31H,6,8,10,14,16H2,1-5H3,(H,29,34)/t18-,22+/m0/s1. The largest absolute Gasteiger partial charge is 0.437 e. The van der Waals surface area contributed by atoms with Crippen molar-refractivity contribution in [2.45, 2.75) is 70.9 Å². The van der Waals surface area contributed by atoms with Gasteiger partial charge in [-0.3, -0.25) is 14.9 Å². The number of sulfonamides is 1. The third-order valence-electron chi connectivity index (χ3n) is 7.20. The fourth-order valence-corrected chi connectivity index (χ4v) is 5.93. The average molecular weight is 586 g/mol. The van der Waals surface area contributed by atoms with E-state index in [1.54, 1.807) is 13.8 Å². The second kappa shape index (κ2) is 12.4. The van der Waals surface area contributed by atoms with Gasteiger partial charge in [-0.1, -0.05) is 19.1 Å². The van der Waals surface area contributed by atoms with Gasteiger partial charge < -0.3 is 14.8 Å². The minimum Gasteiger partial charge on any atom is -0.437 e. The van der Waals surface area contributed by atoms with Crippen LogP contribution in [0.1, 0.15) is 60.3 Å². The van der Waals surface area contributed by atoms with Crippen LogP contribution in [0.5, 0.6) is 11.6 Å². The van der Waals surface area contributed by atoms with Crippen molar-refractivity contribution in [1.82, 2.24) is 19.8 Å². The molecule has 0 radical (unpaired) electrons. The second-order valence-corrected chi connectivity index (χ2v) is 11.9. The van der Waals surface area contributed by atoms with Gasteiger partial charge in [0, 0.05) is 36.9 Å². The number of benzene rings is 2. The van der Waals surface area contributed by atoms with Gasteiger partial charge in [0.2, 0.25) is 15.9 Å². The Hall–Kier alpha value is -3.81. The van der Waals surface area contributed by atoms with Crippen molar-refractivity contribution in [3.63, 3.8) is 0 Å². The van der Waals surface area contributed by atoms with Gasteiger partial charge in [0.1, 0.15) is 10.6 Å². The van der Waals surface area contributed by atoms with E-state index in [1.807, 2.05) is 39.0 Å². The second-order valence-electron chi connectivity index (χ2n) is 10.2. The van der Waals surface area contributed by atoms with Crippen LogP contribution < -0.4 is 14.8 Å². The molecule has 0 aliphatic carbocycles. The van der Waals surface area contributed by atoms with E-state index in [1.165, 1.54) is 16.8 Å². The number of nitro benzene ring substituents is 1. The van der Waals surface area contributed by atoms with Gasteiger partial charge in [-0.2, -0.15) is 9.78 Å². The maximum absolute atomic E-state index is 13.3. The number of amides is 1. The average Bonchev–Trinajstić information content (AvgIpc) is 3.57. The Kier molecular flexibility index (Phi) is 9.10. The summed E-state index contributed by atoms with van der Waals surface area (Å²) in [6, 6.07) is 8.53. The highest BCUT2D eigenvalue weighted by Gasteiger charge is 2.29. The Morgan fingerprint density at radius 1 is 1.24 bits per heavy atom. The molecule has 13 heteroatoms. The summed E-state index contributed by atoms with van der Waals surface area (Å²) in [6.07, 6.45) is 2.23. The van der Waals surface area contributed by atoms with Crippen molar-refractivity contribution in [1.29, 1.82) is 0 Å². The van der Waals surface area contributed by atoms with Crippen LogP contribution in [0.3, 0.4) is 0 Å². The molecule has 1 aromatic heterocycles. The number of nitrogens with one attached hydrogen (secondary N) is 2. The molecule has 0 bridgehead atoms. The molecule has 2 atom stereocenters. The van der Waals surface area contributed by atoms with Crippen LogP contribution in [-0.4, -0.2) is 54.3 Å². The van der Waals surface area contributed by atoms with Crippen LogP contribution in [0, 0.1) is 30.9 Å². The molecule has 4 rings (SSSR count). The highest BCUT2D eigenvalue weighted by Crippen LogP contribution is 2.36. The van der Waals surface area contributed by atoms with Crippen molar-refractivity contribution < 1.29 is 27.6 Å². The number of hydrogen-bond acceptors (Lipinski definition) is 8. The number of nitro groups is 1. The first-order valence-electron chi connectivity index (χ1n) is 13.5. The molecule has 2 heterocycles. The minimum atomic E-state index is -4.21. The van der Waals surface area contributed by atoms with E-state index in [4.69, 9.17) is 9.47 Å². The maximum atomic E-state index is 13.3. The lowest BCUT2D eigenvalue weighted by Crippen LogP contribution is -2.32. The first-order valence-corrected chi connectivity index (χ1v) is 15.0. The normalized spacial score (nSPS) is 16.0. The molecule has 12 nitrogen and oxygen atoms in total. The molecule has 2 aromatic carbocycles. The zero-order valence-electron chi connectivity index (χ0n) is 23.8. The van der Waals surface area contributed by atoms with Crippen LogP contribution in [0.15, 0.2) is 41.3 Å². The van der Waals surface area contributed by atoms with Crippen molar-refractivity contribution in [3.8, 4) is 17.3 Å². The van der Waals surface area contributed by atoms with Gasteiger partial charge in [-0.05, 0) is 70.2 Å². The summed E-state index contributed by atoms with van der Waals surface area (Å²) in [5.41, 5.74) is 2.54. The number of aromatic nitrogens is 2. The van der Waals surface area contributed by atoms with E-state index in [9.17, 15) is 23.3 Å². The first-order chi connectivity index (χ1) is 19.4. The number of non-ortho nitro benzene ring substituents is 1. The molecular weight excluding hydrogens is 550 g/mol. The molecule has 1 fully saturated rings. The van der Waals surface area contributed by atoms with Crippen LogP contribution >= 0.6 is 0 Å². The fraction of sp³-hybridized carbons (Fsp3) is 0.429. The van der Waals surface area contributed by atoms with Crippen LogP contribution in [-0.2, 0) is 14.8 Å². The van der Waals surface area contributed by atoms with Crippen molar-refractivity contribution >= 4 is 21.6 Å². The zero-order valence-corrected chi connectivity index (χ0v) is 24.6. The summed E-state index contributed by atoms with van der Waals surface area (Å²) < 4.78 is 42.5. The SMILES string of the molecule is CC[C@H](C)NS(=O)(=O)c1cc([N+](=O)[O-])ccc1Oc1c(C)c(C(=O)NC[C@H]2CCCO2)nn1-c1cccc(C)c1C. The summed E-state index contributed by atoms with van der Waals surface area (Å²) >= 11 is 0. The molecule has 1 aliphatic heterocycles. The van der Waals surface area contributed by atoms with Crippen LogP contribution in [0.25, 0.3) is 5.69 Å². The fourth-order valence-electron chi connectivity index (χ4n) is 4.46. The molecular formula is C28H35N5O7S. The highest BCUT2D eigenvalue weighted by molar-refractivity contribution is 7.89. The third-order valence-corrected chi connectivity index (χ3v) is 8.82. The Bertz CT molecular complexity index is 1560. The Balaban J connectivity index is 1.82. The Morgan fingerprint density at radius 2 is 2.00 bits per heavy atom. The Morgan fingerprint density at radius 3 is 2.66 bits per heavy atom. The first kappa shape index (κ1) is 30.2. The minimum absolute atomic E-state index is 0.0676. The van der Waals surface area contributed by atoms with Gasteiger partial charge in [-0.25, -0.2) is 13.1 Å². The molecule has 0 saturated carbocycles. The monoisotopic (exact) mass is 585 g/mol. The van der Waals surface area contributed by atoms with Crippen molar-refractivity contribution in [3.05, 3.63) is 68.9 Å². The van der Waals surface area contributed by atoms with Gasteiger partial charge in [0.05, 0.1) is 16.7 Å². The predicted octanol–water partition coefficient (Wildman–Crippen LogP) is 4.48. The molecule has 1 saturated heterocycles. The summed E-state index contributed by atoms with van der Waals surface area (Å²) in [6.45, 7) is 9.99. The van der Waals surface area contributed by atoms with Crippen LogP contribution in [0.4, 0.5) is 5.69 Å². The topological polar surface area (TPSA) is 155 Å². The molecule has 220 valence electrons. The van der Waals surface area contributed by atoms with Crippen molar-refractivity contribution in [2.75, 3.05) is 13.2 Å². The van der Waals surface area contributed by atoms with Gasteiger partial charge in [0.15, 0.2) is 5.69 Å². The molecule has 0 unspecified atom stereocenters. The summed E-state index contributed by atoms with van der Waals surface area (Å²) in [7, 11) is -4.21. The van der Waals surface area contributed by atoms with Gasteiger partial charge >= 0.3 is 0 Å². The number of nitrogens with zero attached hydrogens (tertiary/aromatic N) is 3. The smallest absolute Gasteiger partial charge is 0.272 e. The lowest BCUT2D eigenvalue weighted by molar-refractivity contribution is -0.385. The van der Waals surface area contributed by atoms with Crippen molar-refractivity contribution in [2.24, 2.45) is 0 Å². The predicted molar refractivity (Wildman–Crippen MR) is 152 cm³/mol. The van der Waals surface area contributed by atoms with E-state index in [2.05, 4.69) is 15.1 Å². The quantitative estimate of drug-likeness (QED) is 0.247. The highest BCUT2D eigenvalue weighted by atomic mass is 32.2. The number of carbonyl (C=O) groups excluding carboxylic acids is 1.